The highest BCUT2D eigenvalue weighted by Gasteiger charge is 2.35. The number of alkyl halides is 3. The lowest BCUT2D eigenvalue weighted by Gasteiger charge is -2.33. The molecule has 0 saturated heterocycles. The lowest BCUT2D eigenvalue weighted by atomic mass is 10.1. The zero-order chi connectivity index (χ0) is 30.4. The van der Waals surface area contributed by atoms with Gasteiger partial charge in [0.25, 0.3) is 10.0 Å². The highest BCUT2D eigenvalue weighted by molar-refractivity contribution is 7.92. The fourth-order valence-electron chi connectivity index (χ4n) is 4.31. The van der Waals surface area contributed by atoms with Crippen LogP contribution in [0.5, 0.6) is 0 Å². The number of carbonyl (C=O) groups is 2. The second-order valence-corrected chi connectivity index (χ2v) is 11.6. The van der Waals surface area contributed by atoms with E-state index in [1.54, 1.807) is 45.0 Å². The third-order valence-corrected chi connectivity index (χ3v) is 8.35. The zero-order valence-corrected chi connectivity index (χ0v) is 24.2. The summed E-state index contributed by atoms with van der Waals surface area (Å²) in [6, 6.07) is 16.0. The summed E-state index contributed by atoms with van der Waals surface area (Å²) >= 11 is 0. The number of amides is 2. The Labute approximate surface area is 239 Å². The summed E-state index contributed by atoms with van der Waals surface area (Å²) in [5.74, 6) is -1.15. The molecular weight excluding hydrogens is 555 g/mol. The van der Waals surface area contributed by atoms with Crippen molar-refractivity contribution in [3.05, 3.63) is 95.1 Å². The van der Waals surface area contributed by atoms with Gasteiger partial charge in [0.15, 0.2) is 0 Å². The molecule has 7 nitrogen and oxygen atoms in total. The van der Waals surface area contributed by atoms with Gasteiger partial charge >= 0.3 is 6.18 Å². The number of halogens is 3. The quantitative estimate of drug-likeness (QED) is 0.322. The Morgan fingerprint density at radius 1 is 0.902 bits per heavy atom. The zero-order valence-electron chi connectivity index (χ0n) is 23.4. The van der Waals surface area contributed by atoms with Gasteiger partial charge in [0.1, 0.15) is 12.6 Å². The molecule has 1 N–H and O–H groups in total. The average molecular weight is 590 g/mol. The van der Waals surface area contributed by atoms with Gasteiger partial charge in [-0.15, -0.1) is 0 Å². The molecule has 3 aromatic carbocycles. The topological polar surface area (TPSA) is 86.8 Å². The Hall–Kier alpha value is -3.86. The summed E-state index contributed by atoms with van der Waals surface area (Å²) < 4.78 is 69.1. The van der Waals surface area contributed by atoms with Gasteiger partial charge in [-0.25, -0.2) is 8.42 Å². The standard InChI is InChI=1S/C30H34F3N3O4S/c1-5-27(29(38)34-6-2)35(19-23-14-10-21(3)11-15-23)28(37)20-36(25-9-7-8-24(18-25)30(31,32)33)41(39,40)26-16-12-22(4)13-17-26/h7-18,27H,5-6,19-20H2,1-4H3,(H,34,38). The molecule has 3 rings (SSSR count). The lowest BCUT2D eigenvalue weighted by molar-refractivity contribution is -0.140. The van der Waals surface area contributed by atoms with E-state index < -0.39 is 46.2 Å². The number of likely N-dealkylation sites (N-methyl/N-ethyl adjacent to an activating group) is 1. The van der Waals surface area contributed by atoms with Gasteiger partial charge in [0.2, 0.25) is 11.8 Å². The maximum absolute atomic E-state index is 13.9. The molecular formula is C30H34F3N3O4S. The number of hydrogen-bond donors (Lipinski definition) is 1. The summed E-state index contributed by atoms with van der Waals surface area (Å²) in [6.07, 6.45) is -4.50. The van der Waals surface area contributed by atoms with E-state index in [1.807, 2.05) is 19.1 Å². The largest absolute Gasteiger partial charge is 0.416 e. The molecule has 0 spiro atoms. The van der Waals surface area contributed by atoms with Crippen molar-refractivity contribution < 1.29 is 31.2 Å². The molecule has 1 unspecified atom stereocenters. The normalized spacial score (nSPS) is 12.5. The Morgan fingerprint density at radius 2 is 1.49 bits per heavy atom. The highest BCUT2D eigenvalue weighted by Crippen LogP contribution is 2.33. The lowest BCUT2D eigenvalue weighted by Crippen LogP contribution is -2.52. The molecule has 0 aliphatic carbocycles. The fraction of sp³-hybridized carbons (Fsp3) is 0.333. The van der Waals surface area contributed by atoms with E-state index in [-0.39, 0.29) is 23.5 Å². The molecule has 220 valence electrons. The number of rotatable bonds is 11. The molecule has 41 heavy (non-hydrogen) atoms. The van der Waals surface area contributed by atoms with Crippen LogP contribution in [0.1, 0.15) is 42.5 Å². The van der Waals surface area contributed by atoms with Crippen molar-refractivity contribution in [3.63, 3.8) is 0 Å². The second-order valence-electron chi connectivity index (χ2n) is 9.70. The van der Waals surface area contributed by atoms with Crippen LogP contribution in [0.4, 0.5) is 18.9 Å². The van der Waals surface area contributed by atoms with E-state index in [9.17, 15) is 31.2 Å². The Bertz CT molecular complexity index is 1460. The van der Waals surface area contributed by atoms with Crippen molar-refractivity contribution in [2.45, 2.75) is 57.8 Å². The van der Waals surface area contributed by atoms with Crippen LogP contribution in [-0.2, 0) is 32.3 Å². The number of carbonyl (C=O) groups excluding carboxylic acids is 2. The molecule has 2 amide bonds. The maximum Gasteiger partial charge on any atom is 0.416 e. The predicted octanol–water partition coefficient (Wildman–Crippen LogP) is 5.46. The third-order valence-electron chi connectivity index (χ3n) is 6.56. The molecule has 0 radical (unpaired) electrons. The summed E-state index contributed by atoms with van der Waals surface area (Å²) in [4.78, 5) is 28.0. The fourth-order valence-corrected chi connectivity index (χ4v) is 5.71. The molecule has 1 atom stereocenters. The van der Waals surface area contributed by atoms with Crippen LogP contribution in [0.2, 0.25) is 0 Å². The van der Waals surface area contributed by atoms with Crippen molar-refractivity contribution in [2.24, 2.45) is 0 Å². The molecule has 0 aliphatic heterocycles. The van der Waals surface area contributed by atoms with Gasteiger partial charge in [-0.05, 0) is 63.1 Å². The SMILES string of the molecule is CCNC(=O)C(CC)N(Cc1ccc(C)cc1)C(=O)CN(c1cccc(C(F)(F)F)c1)S(=O)(=O)c1ccc(C)cc1. The van der Waals surface area contributed by atoms with E-state index in [2.05, 4.69) is 5.32 Å². The first-order chi connectivity index (χ1) is 19.3. The van der Waals surface area contributed by atoms with Crippen LogP contribution in [-0.4, -0.2) is 44.3 Å². The number of nitrogens with zero attached hydrogens (tertiary/aromatic N) is 2. The van der Waals surface area contributed by atoms with E-state index in [0.29, 0.717) is 22.5 Å². The van der Waals surface area contributed by atoms with Crippen LogP contribution in [0.25, 0.3) is 0 Å². The number of hydrogen-bond acceptors (Lipinski definition) is 4. The van der Waals surface area contributed by atoms with Crippen molar-refractivity contribution in [1.82, 2.24) is 10.2 Å². The average Bonchev–Trinajstić information content (AvgIpc) is 2.92. The Morgan fingerprint density at radius 3 is 2.02 bits per heavy atom. The summed E-state index contributed by atoms with van der Waals surface area (Å²) in [5, 5.41) is 2.71. The summed E-state index contributed by atoms with van der Waals surface area (Å²) in [5.41, 5.74) is 1.09. The summed E-state index contributed by atoms with van der Waals surface area (Å²) in [6.45, 7) is 6.62. The minimum atomic E-state index is -4.73. The van der Waals surface area contributed by atoms with Crippen molar-refractivity contribution in [1.29, 1.82) is 0 Å². The van der Waals surface area contributed by atoms with E-state index in [4.69, 9.17) is 0 Å². The molecule has 0 fully saturated rings. The first-order valence-electron chi connectivity index (χ1n) is 13.2. The van der Waals surface area contributed by atoms with Crippen LogP contribution >= 0.6 is 0 Å². The third kappa shape index (κ3) is 7.87. The summed E-state index contributed by atoms with van der Waals surface area (Å²) in [7, 11) is -4.49. The number of nitrogens with one attached hydrogen (secondary N) is 1. The van der Waals surface area contributed by atoms with Crippen LogP contribution in [0.15, 0.2) is 77.7 Å². The predicted molar refractivity (Wildman–Crippen MR) is 152 cm³/mol. The molecule has 0 bridgehead atoms. The molecule has 11 heteroatoms. The number of benzene rings is 3. The molecule has 3 aromatic rings. The second kappa shape index (κ2) is 13.2. The van der Waals surface area contributed by atoms with Crippen molar-refractivity contribution in [3.8, 4) is 0 Å². The van der Waals surface area contributed by atoms with Crippen LogP contribution < -0.4 is 9.62 Å². The maximum atomic E-state index is 13.9. The monoisotopic (exact) mass is 589 g/mol. The molecule has 0 saturated carbocycles. The minimum absolute atomic E-state index is 0.00420. The van der Waals surface area contributed by atoms with Gasteiger partial charge in [0.05, 0.1) is 16.1 Å². The van der Waals surface area contributed by atoms with Crippen molar-refractivity contribution in [2.75, 3.05) is 17.4 Å². The number of anilines is 1. The Balaban J connectivity index is 2.11. The highest BCUT2D eigenvalue weighted by atomic mass is 32.2. The molecule has 0 aliphatic rings. The van der Waals surface area contributed by atoms with Gasteiger partial charge in [-0.3, -0.25) is 13.9 Å². The number of aryl methyl sites for hydroxylation is 2. The van der Waals surface area contributed by atoms with Gasteiger partial charge in [-0.2, -0.15) is 13.2 Å². The van der Waals surface area contributed by atoms with Crippen LogP contribution in [0, 0.1) is 13.8 Å². The van der Waals surface area contributed by atoms with Gasteiger partial charge in [0, 0.05) is 13.1 Å². The van der Waals surface area contributed by atoms with E-state index in [1.165, 1.54) is 23.1 Å². The minimum Gasteiger partial charge on any atom is -0.355 e. The van der Waals surface area contributed by atoms with Gasteiger partial charge < -0.3 is 10.2 Å². The first kappa shape index (κ1) is 31.7. The van der Waals surface area contributed by atoms with Crippen LogP contribution in [0.3, 0.4) is 0 Å². The molecule has 0 aromatic heterocycles. The smallest absolute Gasteiger partial charge is 0.355 e. The van der Waals surface area contributed by atoms with Gasteiger partial charge in [-0.1, -0.05) is 60.5 Å². The van der Waals surface area contributed by atoms with Crippen molar-refractivity contribution >= 4 is 27.5 Å². The van der Waals surface area contributed by atoms with E-state index in [0.717, 1.165) is 23.3 Å². The first-order valence-corrected chi connectivity index (χ1v) is 14.6. The number of sulfonamides is 1. The van der Waals surface area contributed by atoms with E-state index >= 15 is 0 Å². The molecule has 0 heterocycles. The Kier molecular flexibility index (Phi) is 10.2.